The highest BCUT2D eigenvalue weighted by Gasteiger charge is 2.45. The maximum absolute atomic E-state index is 12.5. The molecule has 0 aromatic carbocycles. The first-order chi connectivity index (χ1) is 21.5. The van der Waals surface area contributed by atoms with Crippen molar-refractivity contribution in [3.8, 4) is 0 Å². The largest absolute Gasteiger partial charge is 0.480 e. The number of carboxylic acid groups (broad SMARTS) is 1. The van der Waals surface area contributed by atoms with Crippen molar-refractivity contribution >= 4 is 28.8 Å². The van der Waals surface area contributed by atoms with Gasteiger partial charge in [-0.3, -0.25) is 13.9 Å². The molecule has 3 aromatic heterocycles. The summed E-state index contributed by atoms with van der Waals surface area (Å²) in [5, 5.41) is 53.8. The van der Waals surface area contributed by atoms with E-state index in [1.807, 2.05) is 0 Å². The Kier molecular flexibility index (Phi) is 9.89. The lowest BCUT2D eigenvalue weighted by atomic mass is 9.92. The number of aliphatic hydroxyl groups is 4. The molecule has 0 spiro atoms. The van der Waals surface area contributed by atoms with Gasteiger partial charge >= 0.3 is 11.7 Å². The van der Waals surface area contributed by atoms with E-state index in [4.69, 9.17) is 26.7 Å². The third-order valence-electron chi connectivity index (χ3n) is 8.27. The average molecular weight is 635 g/mol. The molecule has 19 heteroatoms. The van der Waals surface area contributed by atoms with E-state index in [1.165, 1.54) is 28.0 Å². The number of imidazole rings is 1. The van der Waals surface area contributed by atoms with Gasteiger partial charge in [-0.05, 0) is 31.7 Å². The molecule has 2 aliphatic rings. The zero-order valence-corrected chi connectivity index (χ0v) is 24.2. The fourth-order valence-corrected chi connectivity index (χ4v) is 5.71. The van der Waals surface area contributed by atoms with E-state index in [1.54, 1.807) is 0 Å². The Morgan fingerprint density at radius 2 is 1.84 bits per heavy atom. The van der Waals surface area contributed by atoms with Gasteiger partial charge in [0.1, 0.15) is 48.2 Å². The number of nitrogens with one attached hydrogen (secondary N) is 1. The molecule has 5 rings (SSSR count). The minimum atomic E-state index is -1.33. The summed E-state index contributed by atoms with van der Waals surface area (Å²) in [5.74, 6) is -1.29. The van der Waals surface area contributed by atoms with Crippen molar-refractivity contribution in [3.05, 3.63) is 34.9 Å². The molecule has 1 unspecified atom stereocenters. The van der Waals surface area contributed by atoms with Crippen LogP contribution >= 0.6 is 0 Å². The van der Waals surface area contributed by atoms with Crippen molar-refractivity contribution < 1.29 is 39.8 Å². The van der Waals surface area contributed by atoms with Gasteiger partial charge in [-0.2, -0.15) is 4.98 Å². The molecule has 3 aromatic rings. The number of nitrogens with zero attached hydrogens (tertiary/aromatic N) is 6. The van der Waals surface area contributed by atoms with E-state index < -0.39 is 67.3 Å². The van der Waals surface area contributed by atoms with Crippen LogP contribution in [0, 0.1) is 5.92 Å². The number of rotatable bonds is 13. The standard InChI is InChI=1S/C26H38N10O9/c27-13(25(41)42)2-1-11(3-15-19(39)20(40)24(45-15)36-10-33-18-22(29)31-9-32-23(18)36)5-30-6-12-7-35(26(43)34-21(12)28)17-4-14(38)16(8-37)44-17/h7,9-11,13-17,19-20,24,30,37-40H,1-6,8,27H2,(H,41,42)(H2,28,34,43)(H2,29,31,32)/t11?,13-,14-,15+,16+,17+,19+,20+,24+/m0/s1. The number of anilines is 2. The number of fused-ring (bicyclic) bond motifs is 1. The number of nitrogens with two attached hydrogens (primary N) is 3. The molecule has 2 saturated heterocycles. The van der Waals surface area contributed by atoms with Crippen LogP contribution in [0.15, 0.2) is 23.6 Å². The van der Waals surface area contributed by atoms with Crippen LogP contribution in [0.5, 0.6) is 0 Å². The van der Waals surface area contributed by atoms with Gasteiger partial charge in [-0.25, -0.2) is 19.7 Å². The van der Waals surface area contributed by atoms with Gasteiger partial charge in [0.25, 0.3) is 0 Å². The maximum Gasteiger partial charge on any atom is 0.351 e. The van der Waals surface area contributed by atoms with Crippen LogP contribution in [0.1, 0.15) is 43.7 Å². The molecule has 0 amide bonds. The Labute approximate surface area is 255 Å². The molecule has 0 saturated carbocycles. The van der Waals surface area contributed by atoms with Crippen molar-refractivity contribution in [1.29, 1.82) is 0 Å². The van der Waals surface area contributed by atoms with Crippen molar-refractivity contribution in [3.63, 3.8) is 0 Å². The van der Waals surface area contributed by atoms with Gasteiger partial charge in [-0.15, -0.1) is 0 Å². The summed E-state index contributed by atoms with van der Waals surface area (Å²) >= 11 is 0. The van der Waals surface area contributed by atoms with Crippen molar-refractivity contribution in [2.24, 2.45) is 11.7 Å². The van der Waals surface area contributed by atoms with Crippen LogP contribution in [0.25, 0.3) is 11.2 Å². The molecule has 0 aliphatic carbocycles. The van der Waals surface area contributed by atoms with Crippen LogP contribution in [0.4, 0.5) is 11.6 Å². The number of hydrogen-bond acceptors (Lipinski definition) is 16. The predicted molar refractivity (Wildman–Crippen MR) is 155 cm³/mol. The fourth-order valence-electron chi connectivity index (χ4n) is 5.71. The highest BCUT2D eigenvalue weighted by atomic mass is 16.6. The summed E-state index contributed by atoms with van der Waals surface area (Å²) in [6.45, 7) is 0.0390. The van der Waals surface area contributed by atoms with Gasteiger partial charge in [0, 0.05) is 24.7 Å². The second-order valence-corrected chi connectivity index (χ2v) is 11.3. The minimum Gasteiger partial charge on any atom is -0.480 e. The Balaban J connectivity index is 1.27. The number of hydrogen-bond donors (Lipinski definition) is 9. The Morgan fingerprint density at radius 3 is 2.56 bits per heavy atom. The van der Waals surface area contributed by atoms with Crippen LogP contribution in [-0.4, -0.2) is 110 Å². The van der Waals surface area contributed by atoms with E-state index in [-0.39, 0.29) is 43.4 Å². The van der Waals surface area contributed by atoms with Crippen LogP contribution in [-0.2, 0) is 20.8 Å². The van der Waals surface area contributed by atoms with Gasteiger partial charge in [-0.1, -0.05) is 0 Å². The summed E-state index contributed by atoms with van der Waals surface area (Å²) in [6, 6.07) is -1.10. The summed E-state index contributed by atoms with van der Waals surface area (Å²) in [6.07, 6.45) is -2.18. The van der Waals surface area contributed by atoms with Crippen molar-refractivity contribution in [2.75, 3.05) is 24.6 Å². The second-order valence-electron chi connectivity index (χ2n) is 11.3. The number of aliphatic carboxylic acids is 1. The fraction of sp³-hybridized carbons (Fsp3) is 0.615. The van der Waals surface area contributed by atoms with E-state index in [0.29, 0.717) is 29.7 Å². The van der Waals surface area contributed by atoms with Crippen molar-refractivity contribution in [2.45, 2.75) is 81.2 Å². The first-order valence-corrected chi connectivity index (χ1v) is 14.4. The third-order valence-corrected chi connectivity index (χ3v) is 8.27. The molecule has 246 valence electrons. The zero-order chi connectivity index (χ0) is 32.4. The monoisotopic (exact) mass is 634 g/mol. The van der Waals surface area contributed by atoms with E-state index in [2.05, 4.69) is 25.3 Å². The topological polar surface area (TPSA) is 305 Å². The molecule has 9 atom stereocenters. The zero-order valence-electron chi connectivity index (χ0n) is 24.2. The molecule has 5 heterocycles. The van der Waals surface area contributed by atoms with Crippen molar-refractivity contribution in [1.82, 2.24) is 34.4 Å². The first-order valence-electron chi connectivity index (χ1n) is 14.4. The molecular formula is C26H38N10O9. The van der Waals surface area contributed by atoms with Crippen LogP contribution in [0.3, 0.4) is 0 Å². The molecular weight excluding hydrogens is 596 g/mol. The molecule has 45 heavy (non-hydrogen) atoms. The average Bonchev–Trinajstić information content (AvgIpc) is 3.68. The quantitative estimate of drug-likeness (QED) is 0.0893. The highest BCUT2D eigenvalue weighted by molar-refractivity contribution is 5.81. The normalized spacial score (nSPS) is 28.1. The molecule has 0 radical (unpaired) electrons. The molecule has 12 N–H and O–H groups in total. The smallest absolute Gasteiger partial charge is 0.351 e. The summed E-state index contributed by atoms with van der Waals surface area (Å²) in [4.78, 5) is 40.0. The summed E-state index contributed by atoms with van der Waals surface area (Å²) in [7, 11) is 0. The number of aliphatic hydroxyl groups excluding tert-OH is 4. The van der Waals surface area contributed by atoms with E-state index in [9.17, 15) is 35.1 Å². The van der Waals surface area contributed by atoms with E-state index in [0.717, 1.165) is 0 Å². The predicted octanol–water partition coefficient (Wildman–Crippen LogP) is -3.20. The number of ether oxygens (including phenoxy) is 2. The maximum atomic E-state index is 12.5. The third kappa shape index (κ3) is 6.89. The van der Waals surface area contributed by atoms with Gasteiger partial charge < -0.3 is 57.5 Å². The Hall–Kier alpha value is -3.82. The lowest BCUT2D eigenvalue weighted by molar-refractivity contribution is -0.138. The summed E-state index contributed by atoms with van der Waals surface area (Å²) < 4.78 is 14.3. The van der Waals surface area contributed by atoms with Gasteiger partial charge in [0.05, 0.1) is 25.1 Å². The number of carboxylic acids is 1. The number of nitrogen functional groups attached to an aromatic ring is 2. The second kappa shape index (κ2) is 13.7. The van der Waals surface area contributed by atoms with Crippen LogP contribution in [0.2, 0.25) is 0 Å². The first kappa shape index (κ1) is 32.6. The Bertz CT molecular complexity index is 1550. The summed E-state index contributed by atoms with van der Waals surface area (Å²) in [5.41, 5.74) is 18.1. The SMILES string of the molecule is Nc1nc(=O)n([C@H]2C[C@H](O)[C@@H](CO)O2)cc1CNCC(CC[C@H](N)C(=O)O)C[C@H]1O[C@@H](n2cnc3c(N)ncnc32)[C@H](O)[C@@H]1O. The number of carbonyl (C=O) groups is 1. The lowest BCUT2D eigenvalue weighted by Gasteiger charge is -2.24. The molecule has 0 bridgehead atoms. The molecule has 2 aliphatic heterocycles. The van der Waals surface area contributed by atoms with Gasteiger partial charge in [0.15, 0.2) is 17.7 Å². The lowest BCUT2D eigenvalue weighted by Crippen LogP contribution is -2.36. The molecule has 19 nitrogen and oxygen atoms in total. The van der Waals surface area contributed by atoms with Gasteiger partial charge in [0.2, 0.25) is 0 Å². The molecule has 2 fully saturated rings. The van der Waals surface area contributed by atoms with Crippen LogP contribution < -0.4 is 28.2 Å². The highest BCUT2D eigenvalue weighted by Crippen LogP contribution is 2.35. The van der Waals surface area contributed by atoms with E-state index >= 15 is 0 Å². The number of aromatic nitrogens is 6. The Morgan fingerprint density at radius 1 is 1.07 bits per heavy atom. The minimum absolute atomic E-state index is 0.0111.